The average Bonchev–Trinajstić information content (AvgIpc) is 2.05. The van der Waals surface area contributed by atoms with Gasteiger partial charge in [-0.3, -0.25) is 0 Å². The van der Waals surface area contributed by atoms with Crippen LogP contribution in [0.4, 0.5) is 0 Å². The number of phenolic OH excluding ortho intramolecular Hbond substituents is 1. The van der Waals surface area contributed by atoms with Crippen LogP contribution in [0, 0.1) is 0 Å². The van der Waals surface area contributed by atoms with Crippen molar-refractivity contribution in [2.45, 2.75) is 12.8 Å². The molecule has 0 aromatic heterocycles. The number of halogens is 1. The van der Waals surface area contributed by atoms with E-state index in [2.05, 4.69) is 0 Å². The maximum Gasteiger partial charge on any atom is 0.127 e. The summed E-state index contributed by atoms with van der Waals surface area (Å²) in [6, 6.07) is 4.93. The highest BCUT2D eigenvalue weighted by Gasteiger charge is 2.02. The first-order valence-corrected chi connectivity index (χ1v) is 4.32. The summed E-state index contributed by atoms with van der Waals surface area (Å²) in [6.07, 6.45) is 0. The van der Waals surface area contributed by atoms with E-state index in [0.717, 1.165) is 5.56 Å². The first kappa shape index (κ1) is 9.20. The molecule has 0 bridgehead atoms. The third-order valence-electron chi connectivity index (χ3n) is 1.49. The first-order chi connectivity index (χ1) is 5.77. The van der Waals surface area contributed by atoms with E-state index >= 15 is 0 Å². The van der Waals surface area contributed by atoms with Crippen LogP contribution >= 0.6 is 11.6 Å². The molecule has 1 N–H and O–H groups in total. The lowest BCUT2D eigenvalue weighted by molar-refractivity contribution is 0.335. The highest BCUT2D eigenvalue weighted by molar-refractivity contribution is 6.17. The van der Waals surface area contributed by atoms with Crippen LogP contribution in [0.3, 0.4) is 0 Å². The van der Waals surface area contributed by atoms with Crippen LogP contribution < -0.4 is 4.74 Å². The summed E-state index contributed by atoms with van der Waals surface area (Å²) in [4.78, 5) is 0. The van der Waals surface area contributed by atoms with Gasteiger partial charge < -0.3 is 9.84 Å². The van der Waals surface area contributed by atoms with Gasteiger partial charge >= 0.3 is 0 Å². The molecule has 0 unspecified atom stereocenters. The van der Waals surface area contributed by atoms with Crippen molar-refractivity contribution in [3.63, 3.8) is 0 Å². The van der Waals surface area contributed by atoms with Crippen molar-refractivity contribution in [3.05, 3.63) is 23.8 Å². The topological polar surface area (TPSA) is 29.5 Å². The van der Waals surface area contributed by atoms with Crippen molar-refractivity contribution in [1.82, 2.24) is 0 Å². The minimum absolute atomic E-state index is 0.201. The van der Waals surface area contributed by atoms with Crippen LogP contribution in [-0.2, 0) is 5.88 Å². The molecule has 3 heteroatoms. The molecule has 1 rings (SSSR count). The number of hydrogen-bond acceptors (Lipinski definition) is 2. The van der Waals surface area contributed by atoms with E-state index < -0.39 is 0 Å². The summed E-state index contributed by atoms with van der Waals surface area (Å²) in [6.45, 7) is 2.47. The Bertz CT molecular complexity index is 261. The second-order valence-corrected chi connectivity index (χ2v) is 2.63. The fraction of sp³-hybridized carbons (Fsp3) is 0.333. The fourth-order valence-electron chi connectivity index (χ4n) is 0.943. The zero-order valence-electron chi connectivity index (χ0n) is 6.88. The van der Waals surface area contributed by atoms with Gasteiger partial charge in [0.05, 0.1) is 12.5 Å². The van der Waals surface area contributed by atoms with Crippen molar-refractivity contribution in [2.24, 2.45) is 0 Å². The molecule has 0 heterocycles. The molecule has 2 nitrogen and oxygen atoms in total. The number of hydrogen-bond donors (Lipinski definition) is 1. The Labute approximate surface area is 76.7 Å². The second kappa shape index (κ2) is 4.21. The molecule has 1 aromatic rings. The van der Waals surface area contributed by atoms with Gasteiger partial charge in [-0.25, -0.2) is 0 Å². The van der Waals surface area contributed by atoms with Gasteiger partial charge in [0.2, 0.25) is 0 Å². The van der Waals surface area contributed by atoms with E-state index in [0.29, 0.717) is 18.2 Å². The zero-order chi connectivity index (χ0) is 8.97. The predicted molar refractivity (Wildman–Crippen MR) is 48.8 cm³/mol. The molecule has 0 saturated heterocycles. The third kappa shape index (κ3) is 2.05. The van der Waals surface area contributed by atoms with Crippen molar-refractivity contribution in [2.75, 3.05) is 6.61 Å². The van der Waals surface area contributed by atoms with E-state index in [9.17, 15) is 0 Å². The predicted octanol–water partition coefficient (Wildman–Crippen LogP) is 2.53. The molecule has 0 amide bonds. The molecule has 0 radical (unpaired) electrons. The molecule has 12 heavy (non-hydrogen) atoms. The molecular weight excluding hydrogens is 176 g/mol. The van der Waals surface area contributed by atoms with Crippen LogP contribution in [0.1, 0.15) is 12.5 Å². The zero-order valence-corrected chi connectivity index (χ0v) is 7.64. The van der Waals surface area contributed by atoms with Crippen molar-refractivity contribution < 1.29 is 9.84 Å². The normalized spacial score (nSPS) is 9.83. The Morgan fingerprint density at radius 2 is 2.25 bits per heavy atom. The van der Waals surface area contributed by atoms with E-state index in [1.807, 2.05) is 6.92 Å². The minimum atomic E-state index is 0.201. The maximum atomic E-state index is 9.14. The number of rotatable bonds is 3. The summed E-state index contributed by atoms with van der Waals surface area (Å²) in [5.41, 5.74) is 0.899. The monoisotopic (exact) mass is 186 g/mol. The summed E-state index contributed by atoms with van der Waals surface area (Å²) in [7, 11) is 0. The minimum Gasteiger partial charge on any atom is -0.508 e. The molecule has 0 aliphatic heterocycles. The molecule has 0 saturated carbocycles. The van der Waals surface area contributed by atoms with Gasteiger partial charge in [-0.1, -0.05) is 6.07 Å². The fourth-order valence-corrected chi connectivity index (χ4v) is 1.16. The molecule has 0 spiro atoms. The van der Waals surface area contributed by atoms with Crippen LogP contribution in [0.25, 0.3) is 0 Å². The summed E-state index contributed by atoms with van der Waals surface area (Å²) in [5.74, 6) is 1.26. The number of aromatic hydroxyl groups is 1. The van der Waals surface area contributed by atoms with E-state index in [1.165, 1.54) is 0 Å². The van der Waals surface area contributed by atoms with E-state index in [1.54, 1.807) is 18.2 Å². The first-order valence-electron chi connectivity index (χ1n) is 3.78. The van der Waals surface area contributed by atoms with Crippen LogP contribution in [0.2, 0.25) is 0 Å². The SMILES string of the molecule is CCOc1cc(O)ccc1CCl. The summed E-state index contributed by atoms with van der Waals surface area (Å²) in [5, 5.41) is 9.14. The Hall–Kier alpha value is -0.890. The highest BCUT2D eigenvalue weighted by Crippen LogP contribution is 2.25. The van der Waals surface area contributed by atoms with Crippen molar-refractivity contribution in [3.8, 4) is 11.5 Å². The second-order valence-electron chi connectivity index (χ2n) is 2.36. The lowest BCUT2D eigenvalue weighted by atomic mass is 10.2. The molecule has 1 aromatic carbocycles. The van der Waals surface area contributed by atoms with Gasteiger partial charge in [-0.2, -0.15) is 0 Å². The highest BCUT2D eigenvalue weighted by atomic mass is 35.5. The van der Waals surface area contributed by atoms with Gasteiger partial charge in [0, 0.05) is 11.6 Å². The molecular formula is C9H11ClO2. The molecule has 0 atom stereocenters. The smallest absolute Gasteiger partial charge is 0.127 e. The van der Waals surface area contributed by atoms with Gasteiger partial charge in [-0.15, -0.1) is 11.6 Å². The average molecular weight is 187 g/mol. The van der Waals surface area contributed by atoms with Crippen molar-refractivity contribution >= 4 is 11.6 Å². The van der Waals surface area contributed by atoms with Gasteiger partial charge in [0.15, 0.2) is 0 Å². The third-order valence-corrected chi connectivity index (χ3v) is 1.78. The van der Waals surface area contributed by atoms with E-state index in [-0.39, 0.29) is 5.75 Å². The van der Waals surface area contributed by atoms with Crippen molar-refractivity contribution in [1.29, 1.82) is 0 Å². The number of alkyl halides is 1. The van der Waals surface area contributed by atoms with Crippen LogP contribution in [0.15, 0.2) is 18.2 Å². The standard InChI is InChI=1S/C9H11ClO2/c1-2-12-9-5-8(11)4-3-7(9)6-10/h3-5,11H,2,6H2,1H3. The number of phenols is 1. The van der Waals surface area contributed by atoms with Crippen LogP contribution in [0.5, 0.6) is 11.5 Å². The van der Waals surface area contributed by atoms with E-state index in [4.69, 9.17) is 21.4 Å². The molecule has 0 fully saturated rings. The van der Waals surface area contributed by atoms with Gasteiger partial charge in [-0.05, 0) is 13.0 Å². The Morgan fingerprint density at radius 1 is 1.50 bits per heavy atom. The molecule has 66 valence electrons. The largest absolute Gasteiger partial charge is 0.508 e. The quantitative estimate of drug-likeness (QED) is 0.736. The van der Waals surface area contributed by atoms with Gasteiger partial charge in [0.1, 0.15) is 11.5 Å². The Balaban J connectivity index is 2.95. The Kier molecular flexibility index (Phi) is 3.23. The lowest BCUT2D eigenvalue weighted by Gasteiger charge is -2.07. The maximum absolute atomic E-state index is 9.14. The van der Waals surface area contributed by atoms with Gasteiger partial charge in [0.25, 0.3) is 0 Å². The number of ether oxygens (including phenoxy) is 1. The van der Waals surface area contributed by atoms with Crippen LogP contribution in [-0.4, -0.2) is 11.7 Å². The lowest BCUT2D eigenvalue weighted by Crippen LogP contribution is -1.94. The summed E-state index contributed by atoms with van der Waals surface area (Å²) < 4.78 is 5.26. The summed E-state index contributed by atoms with van der Waals surface area (Å²) >= 11 is 5.66. The molecule has 0 aliphatic rings. The number of benzene rings is 1. The molecule has 0 aliphatic carbocycles. The Morgan fingerprint density at radius 3 is 2.83 bits per heavy atom.